The number of aryl methyl sites for hydroxylation is 1. The van der Waals surface area contributed by atoms with Crippen molar-refractivity contribution in [1.82, 2.24) is 19.4 Å². The minimum atomic E-state index is -0.550. The number of benzene rings is 2. The van der Waals surface area contributed by atoms with E-state index in [-0.39, 0.29) is 12.1 Å². The molecule has 0 radical (unpaired) electrons. The van der Waals surface area contributed by atoms with Gasteiger partial charge in [0.1, 0.15) is 11.6 Å². The number of ether oxygens (including phenoxy) is 1. The van der Waals surface area contributed by atoms with Crippen LogP contribution in [0.4, 0.5) is 8.78 Å². The molecule has 0 spiro atoms. The SMILES string of the molecule is Cn1ccc(-c2cnc3cccc(-c4cc(F)c(CN5CCOCC5)c(F)c4)c3n2)c1. The number of rotatable bonds is 4. The third-order valence-electron chi connectivity index (χ3n) is 5.64. The highest BCUT2D eigenvalue weighted by Crippen LogP contribution is 2.31. The fourth-order valence-corrected chi connectivity index (χ4v) is 3.95. The summed E-state index contributed by atoms with van der Waals surface area (Å²) in [6, 6.07) is 10.2. The van der Waals surface area contributed by atoms with Crippen LogP contribution in [-0.2, 0) is 18.3 Å². The molecule has 2 aromatic carbocycles. The Labute approximate surface area is 178 Å². The third kappa shape index (κ3) is 3.94. The molecular weight excluding hydrogens is 398 g/mol. The van der Waals surface area contributed by atoms with Crippen molar-refractivity contribution < 1.29 is 13.5 Å². The Bertz CT molecular complexity index is 1220. The maximum Gasteiger partial charge on any atom is 0.131 e. The molecule has 0 saturated carbocycles. The van der Waals surface area contributed by atoms with Gasteiger partial charge in [-0.15, -0.1) is 0 Å². The van der Waals surface area contributed by atoms with Crippen LogP contribution in [0.3, 0.4) is 0 Å². The van der Waals surface area contributed by atoms with Crippen LogP contribution >= 0.6 is 0 Å². The summed E-state index contributed by atoms with van der Waals surface area (Å²) in [5.41, 5.74) is 4.13. The molecule has 1 fully saturated rings. The minimum absolute atomic E-state index is 0.0851. The van der Waals surface area contributed by atoms with Crippen molar-refractivity contribution in [2.45, 2.75) is 6.54 Å². The molecule has 2 aromatic heterocycles. The molecule has 31 heavy (non-hydrogen) atoms. The molecule has 0 aliphatic carbocycles. The van der Waals surface area contributed by atoms with Crippen molar-refractivity contribution in [2.24, 2.45) is 7.05 Å². The fraction of sp³-hybridized carbons (Fsp3) is 0.250. The van der Waals surface area contributed by atoms with Gasteiger partial charge >= 0.3 is 0 Å². The van der Waals surface area contributed by atoms with Gasteiger partial charge < -0.3 is 9.30 Å². The molecule has 7 heteroatoms. The number of halogens is 2. The van der Waals surface area contributed by atoms with E-state index >= 15 is 0 Å². The third-order valence-corrected chi connectivity index (χ3v) is 5.64. The van der Waals surface area contributed by atoms with E-state index in [4.69, 9.17) is 9.72 Å². The van der Waals surface area contributed by atoms with E-state index in [2.05, 4.69) is 4.98 Å². The summed E-state index contributed by atoms with van der Waals surface area (Å²) in [6.07, 6.45) is 5.61. The van der Waals surface area contributed by atoms with E-state index in [1.54, 1.807) is 6.20 Å². The van der Waals surface area contributed by atoms with E-state index < -0.39 is 11.6 Å². The van der Waals surface area contributed by atoms with E-state index in [1.807, 2.05) is 53.2 Å². The predicted molar refractivity (Wildman–Crippen MR) is 115 cm³/mol. The molecule has 4 aromatic rings. The largest absolute Gasteiger partial charge is 0.379 e. The molecule has 0 unspecified atom stereocenters. The molecule has 1 aliphatic rings. The number of fused-ring (bicyclic) bond motifs is 1. The standard InChI is InChI=1S/C24H22F2N4O/c1-29-6-5-16(14-29)23-13-27-22-4-2-3-18(24(22)28-23)17-11-20(25)19(21(26)12-17)15-30-7-9-31-10-8-30/h2-6,11-14H,7-10,15H2,1H3. The summed E-state index contributed by atoms with van der Waals surface area (Å²) in [6.45, 7) is 2.73. The molecule has 0 N–H and O–H groups in total. The van der Waals surface area contributed by atoms with E-state index in [1.165, 1.54) is 12.1 Å². The lowest BCUT2D eigenvalue weighted by Gasteiger charge is -2.27. The number of para-hydroxylation sites is 1. The number of hydrogen-bond donors (Lipinski definition) is 0. The lowest BCUT2D eigenvalue weighted by Crippen LogP contribution is -2.36. The predicted octanol–water partition coefficient (Wildman–Crippen LogP) is 4.41. The zero-order valence-electron chi connectivity index (χ0n) is 17.2. The molecule has 0 bridgehead atoms. The average Bonchev–Trinajstić information content (AvgIpc) is 3.22. The number of aromatic nitrogens is 3. The first-order valence-corrected chi connectivity index (χ1v) is 10.2. The molecule has 0 amide bonds. The quantitative estimate of drug-likeness (QED) is 0.491. The van der Waals surface area contributed by atoms with Crippen LogP contribution < -0.4 is 0 Å². The number of hydrogen-bond acceptors (Lipinski definition) is 4. The zero-order chi connectivity index (χ0) is 21.4. The van der Waals surface area contributed by atoms with Crippen molar-refractivity contribution >= 4 is 11.0 Å². The lowest BCUT2D eigenvalue weighted by molar-refractivity contribution is 0.0332. The van der Waals surface area contributed by atoms with Crippen molar-refractivity contribution in [3.63, 3.8) is 0 Å². The van der Waals surface area contributed by atoms with Crippen molar-refractivity contribution in [2.75, 3.05) is 26.3 Å². The highest BCUT2D eigenvalue weighted by atomic mass is 19.1. The van der Waals surface area contributed by atoms with Crippen LogP contribution in [-0.4, -0.2) is 45.7 Å². The van der Waals surface area contributed by atoms with Gasteiger partial charge in [-0.1, -0.05) is 12.1 Å². The van der Waals surface area contributed by atoms with Gasteiger partial charge in [0, 0.05) is 55.8 Å². The van der Waals surface area contributed by atoms with Crippen molar-refractivity contribution in [3.8, 4) is 22.4 Å². The molecule has 0 atom stereocenters. The fourth-order valence-electron chi connectivity index (χ4n) is 3.95. The van der Waals surface area contributed by atoms with E-state index in [9.17, 15) is 8.78 Å². The van der Waals surface area contributed by atoms with Gasteiger partial charge in [0.15, 0.2) is 0 Å². The first-order valence-electron chi connectivity index (χ1n) is 10.2. The maximum absolute atomic E-state index is 15.0. The molecule has 3 heterocycles. The summed E-state index contributed by atoms with van der Waals surface area (Å²) < 4.78 is 37.2. The number of nitrogens with zero attached hydrogens (tertiary/aromatic N) is 4. The van der Waals surface area contributed by atoms with Crippen LogP contribution in [0.25, 0.3) is 33.4 Å². The smallest absolute Gasteiger partial charge is 0.131 e. The second-order valence-corrected chi connectivity index (χ2v) is 7.80. The zero-order valence-corrected chi connectivity index (χ0v) is 17.2. The molecule has 1 aliphatic heterocycles. The summed E-state index contributed by atoms with van der Waals surface area (Å²) >= 11 is 0. The van der Waals surface area contributed by atoms with Gasteiger partial charge in [0.05, 0.1) is 36.1 Å². The Kier molecular flexibility index (Phi) is 5.21. The van der Waals surface area contributed by atoms with Gasteiger partial charge in [-0.3, -0.25) is 9.88 Å². The van der Waals surface area contributed by atoms with Crippen LogP contribution in [0, 0.1) is 11.6 Å². The Morgan fingerprint density at radius 1 is 1.03 bits per heavy atom. The Morgan fingerprint density at radius 3 is 2.52 bits per heavy atom. The summed E-state index contributed by atoms with van der Waals surface area (Å²) in [5.74, 6) is -1.10. The van der Waals surface area contributed by atoms with E-state index in [0.717, 1.165) is 5.56 Å². The van der Waals surface area contributed by atoms with Crippen LogP contribution in [0.2, 0.25) is 0 Å². The topological polar surface area (TPSA) is 43.2 Å². The van der Waals surface area contributed by atoms with E-state index in [0.29, 0.717) is 54.2 Å². The Hall–Kier alpha value is -3.16. The van der Waals surface area contributed by atoms with Crippen LogP contribution in [0.5, 0.6) is 0 Å². The van der Waals surface area contributed by atoms with Gasteiger partial charge in [-0.05, 0) is 29.8 Å². The normalized spacial score (nSPS) is 14.9. The van der Waals surface area contributed by atoms with Gasteiger partial charge in [0.2, 0.25) is 0 Å². The first kappa shape index (κ1) is 19.8. The van der Waals surface area contributed by atoms with Gasteiger partial charge in [0.25, 0.3) is 0 Å². The highest BCUT2D eigenvalue weighted by molar-refractivity contribution is 5.92. The molecule has 1 saturated heterocycles. The molecule has 5 nitrogen and oxygen atoms in total. The maximum atomic E-state index is 15.0. The second-order valence-electron chi connectivity index (χ2n) is 7.80. The number of morpholine rings is 1. The summed E-state index contributed by atoms with van der Waals surface area (Å²) in [4.78, 5) is 11.3. The summed E-state index contributed by atoms with van der Waals surface area (Å²) in [5, 5.41) is 0. The first-order chi connectivity index (χ1) is 15.1. The monoisotopic (exact) mass is 420 g/mol. The van der Waals surface area contributed by atoms with Gasteiger partial charge in [-0.25, -0.2) is 13.8 Å². The van der Waals surface area contributed by atoms with Crippen LogP contribution in [0.1, 0.15) is 5.56 Å². The molecular formula is C24H22F2N4O. The summed E-state index contributed by atoms with van der Waals surface area (Å²) in [7, 11) is 1.94. The van der Waals surface area contributed by atoms with Gasteiger partial charge in [-0.2, -0.15) is 0 Å². The minimum Gasteiger partial charge on any atom is -0.379 e. The average molecular weight is 420 g/mol. The highest BCUT2D eigenvalue weighted by Gasteiger charge is 2.19. The Morgan fingerprint density at radius 2 is 1.81 bits per heavy atom. The molecule has 158 valence electrons. The van der Waals surface area contributed by atoms with Crippen LogP contribution in [0.15, 0.2) is 55.0 Å². The lowest BCUT2D eigenvalue weighted by atomic mass is 10.0. The van der Waals surface area contributed by atoms with Crippen molar-refractivity contribution in [3.05, 3.63) is 72.2 Å². The Balaban J connectivity index is 1.55. The second kappa shape index (κ2) is 8.17. The van der Waals surface area contributed by atoms with Crippen molar-refractivity contribution in [1.29, 1.82) is 0 Å². The molecule has 5 rings (SSSR count).